The molecule has 1 saturated heterocycles. The number of hydrogen-bond donors (Lipinski definition) is 2. The molecule has 1 aromatic carbocycles. The standard InChI is InChI=1S/C14H16N4O2/c15-9-4-3-7-18(8-9)13-10-5-1-2-6-11(10)16-12(17-13)14(19)20/h1-2,5-6,9H,3-4,7-8,15H2,(H,19,20). The molecular formula is C14H16N4O2. The van der Waals surface area contributed by atoms with Crippen LogP contribution in [0.4, 0.5) is 5.82 Å². The fourth-order valence-electron chi connectivity index (χ4n) is 2.60. The summed E-state index contributed by atoms with van der Waals surface area (Å²) in [5, 5.41) is 10.0. The van der Waals surface area contributed by atoms with E-state index in [1.165, 1.54) is 0 Å². The van der Waals surface area contributed by atoms with Crippen molar-refractivity contribution in [3.63, 3.8) is 0 Å². The van der Waals surface area contributed by atoms with E-state index in [-0.39, 0.29) is 11.9 Å². The molecule has 1 aliphatic rings. The smallest absolute Gasteiger partial charge is 0.374 e. The second kappa shape index (κ2) is 5.05. The molecule has 0 amide bonds. The van der Waals surface area contributed by atoms with Gasteiger partial charge in [-0.3, -0.25) is 0 Å². The number of aromatic nitrogens is 2. The first kappa shape index (κ1) is 12.8. The number of rotatable bonds is 2. The molecule has 3 N–H and O–H groups in total. The number of carboxylic acid groups (broad SMARTS) is 1. The van der Waals surface area contributed by atoms with Gasteiger partial charge < -0.3 is 15.7 Å². The summed E-state index contributed by atoms with van der Waals surface area (Å²) < 4.78 is 0. The summed E-state index contributed by atoms with van der Waals surface area (Å²) in [4.78, 5) is 21.5. The van der Waals surface area contributed by atoms with E-state index in [0.717, 1.165) is 24.8 Å². The van der Waals surface area contributed by atoms with Crippen molar-refractivity contribution in [3.8, 4) is 0 Å². The number of benzene rings is 1. The maximum absolute atomic E-state index is 11.2. The minimum atomic E-state index is -1.11. The van der Waals surface area contributed by atoms with Crippen molar-refractivity contribution in [1.82, 2.24) is 9.97 Å². The molecule has 20 heavy (non-hydrogen) atoms. The van der Waals surface area contributed by atoms with Crippen LogP contribution in [0.25, 0.3) is 10.9 Å². The van der Waals surface area contributed by atoms with Gasteiger partial charge in [-0.25, -0.2) is 14.8 Å². The van der Waals surface area contributed by atoms with Crippen molar-refractivity contribution >= 4 is 22.7 Å². The van der Waals surface area contributed by atoms with E-state index in [9.17, 15) is 4.79 Å². The highest BCUT2D eigenvalue weighted by Gasteiger charge is 2.22. The lowest BCUT2D eigenvalue weighted by atomic mass is 10.1. The molecule has 1 unspecified atom stereocenters. The topological polar surface area (TPSA) is 92.3 Å². The Morgan fingerprint density at radius 2 is 2.15 bits per heavy atom. The van der Waals surface area contributed by atoms with Gasteiger partial charge in [-0.2, -0.15) is 0 Å². The van der Waals surface area contributed by atoms with E-state index in [1.807, 2.05) is 18.2 Å². The first-order chi connectivity index (χ1) is 9.65. The Hall–Kier alpha value is -2.21. The van der Waals surface area contributed by atoms with E-state index in [1.54, 1.807) is 6.07 Å². The Balaban J connectivity index is 2.14. The Bertz CT molecular complexity index is 659. The minimum absolute atomic E-state index is 0.103. The number of anilines is 1. The molecule has 1 aliphatic heterocycles. The number of carboxylic acids is 1. The SMILES string of the molecule is NC1CCCN(c2nc(C(=O)O)nc3ccccc23)C1. The minimum Gasteiger partial charge on any atom is -0.475 e. The lowest BCUT2D eigenvalue weighted by molar-refractivity contribution is 0.0684. The molecule has 0 radical (unpaired) electrons. The highest BCUT2D eigenvalue weighted by Crippen LogP contribution is 2.26. The Morgan fingerprint density at radius 3 is 2.90 bits per heavy atom. The maximum atomic E-state index is 11.2. The van der Waals surface area contributed by atoms with Gasteiger partial charge in [0.05, 0.1) is 5.52 Å². The zero-order valence-electron chi connectivity index (χ0n) is 11.0. The normalized spacial score (nSPS) is 19.2. The van der Waals surface area contributed by atoms with Crippen LogP contribution in [0.5, 0.6) is 0 Å². The van der Waals surface area contributed by atoms with E-state index in [0.29, 0.717) is 17.9 Å². The molecule has 0 bridgehead atoms. The number of nitrogens with zero attached hydrogens (tertiary/aromatic N) is 3. The molecule has 6 nitrogen and oxygen atoms in total. The van der Waals surface area contributed by atoms with Gasteiger partial charge in [-0.1, -0.05) is 12.1 Å². The van der Waals surface area contributed by atoms with Gasteiger partial charge in [-0.05, 0) is 25.0 Å². The van der Waals surface area contributed by atoms with E-state index >= 15 is 0 Å². The van der Waals surface area contributed by atoms with Gasteiger partial charge in [-0.15, -0.1) is 0 Å². The van der Waals surface area contributed by atoms with Gasteiger partial charge >= 0.3 is 5.97 Å². The molecule has 3 rings (SSSR count). The number of fused-ring (bicyclic) bond motifs is 1. The molecule has 1 fully saturated rings. The van der Waals surface area contributed by atoms with Crippen LogP contribution in [0.3, 0.4) is 0 Å². The molecular weight excluding hydrogens is 256 g/mol. The molecule has 2 heterocycles. The molecule has 1 aromatic heterocycles. The summed E-state index contributed by atoms with van der Waals surface area (Å²) >= 11 is 0. The Labute approximate surface area is 116 Å². The number of carbonyl (C=O) groups is 1. The number of para-hydroxylation sites is 1. The molecule has 2 aromatic rings. The third-order valence-electron chi connectivity index (χ3n) is 3.53. The lowest BCUT2D eigenvalue weighted by Gasteiger charge is -2.32. The van der Waals surface area contributed by atoms with E-state index in [2.05, 4.69) is 14.9 Å². The third kappa shape index (κ3) is 2.30. The zero-order chi connectivity index (χ0) is 14.1. The Kier molecular flexibility index (Phi) is 3.23. The van der Waals surface area contributed by atoms with Gasteiger partial charge in [0.25, 0.3) is 0 Å². The van der Waals surface area contributed by atoms with Crippen molar-refractivity contribution in [1.29, 1.82) is 0 Å². The maximum Gasteiger partial charge on any atom is 0.374 e. The molecule has 6 heteroatoms. The van der Waals surface area contributed by atoms with Gasteiger partial charge in [0.1, 0.15) is 5.82 Å². The fourth-order valence-corrected chi connectivity index (χ4v) is 2.60. The molecule has 0 saturated carbocycles. The highest BCUT2D eigenvalue weighted by atomic mass is 16.4. The van der Waals surface area contributed by atoms with Gasteiger partial charge in [0, 0.05) is 24.5 Å². The first-order valence-electron chi connectivity index (χ1n) is 6.66. The number of nitrogens with two attached hydrogens (primary N) is 1. The van der Waals surface area contributed by atoms with Gasteiger partial charge in [0.15, 0.2) is 0 Å². The third-order valence-corrected chi connectivity index (χ3v) is 3.53. The average Bonchev–Trinajstić information content (AvgIpc) is 2.46. The van der Waals surface area contributed by atoms with Crippen molar-refractivity contribution in [3.05, 3.63) is 30.1 Å². The summed E-state index contributed by atoms with van der Waals surface area (Å²) in [5.74, 6) is -0.612. The molecule has 0 aliphatic carbocycles. The Morgan fingerprint density at radius 1 is 1.35 bits per heavy atom. The van der Waals surface area contributed by atoms with Gasteiger partial charge in [0.2, 0.25) is 5.82 Å². The van der Waals surface area contributed by atoms with Crippen LogP contribution in [0.1, 0.15) is 23.5 Å². The van der Waals surface area contributed by atoms with E-state index in [4.69, 9.17) is 10.8 Å². The largest absolute Gasteiger partial charge is 0.475 e. The number of aromatic carboxylic acids is 1. The van der Waals surface area contributed by atoms with Crippen molar-refractivity contribution in [2.24, 2.45) is 5.73 Å². The lowest BCUT2D eigenvalue weighted by Crippen LogP contribution is -2.43. The summed E-state index contributed by atoms with van der Waals surface area (Å²) in [6.07, 6.45) is 1.98. The van der Waals surface area contributed by atoms with Crippen molar-refractivity contribution < 1.29 is 9.90 Å². The summed E-state index contributed by atoms with van der Waals surface area (Å²) in [5.41, 5.74) is 6.65. The second-order valence-corrected chi connectivity index (χ2v) is 5.04. The monoisotopic (exact) mass is 272 g/mol. The highest BCUT2D eigenvalue weighted by molar-refractivity contribution is 5.93. The second-order valence-electron chi connectivity index (χ2n) is 5.04. The predicted octanol–water partition coefficient (Wildman–Crippen LogP) is 1.26. The molecule has 1 atom stereocenters. The van der Waals surface area contributed by atoms with Crippen LogP contribution in [0, 0.1) is 0 Å². The predicted molar refractivity (Wildman–Crippen MR) is 75.9 cm³/mol. The molecule has 0 spiro atoms. The number of piperidine rings is 1. The quantitative estimate of drug-likeness (QED) is 0.855. The van der Waals surface area contributed by atoms with Crippen LogP contribution < -0.4 is 10.6 Å². The van der Waals surface area contributed by atoms with Crippen LogP contribution in [0.2, 0.25) is 0 Å². The van der Waals surface area contributed by atoms with Crippen LogP contribution in [-0.2, 0) is 0 Å². The van der Waals surface area contributed by atoms with Crippen LogP contribution in [0.15, 0.2) is 24.3 Å². The van der Waals surface area contributed by atoms with E-state index < -0.39 is 5.97 Å². The molecule has 104 valence electrons. The fraction of sp³-hybridized carbons (Fsp3) is 0.357. The summed E-state index contributed by atoms with van der Waals surface area (Å²) in [6, 6.07) is 7.56. The zero-order valence-corrected chi connectivity index (χ0v) is 11.0. The van der Waals surface area contributed by atoms with Crippen LogP contribution >= 0.6 is 0 Å². The van der Waals surface area contributed by atoms with Crippen molar-refractivity contribution in [2.45, 2.75) is 18.9 Å². The summed E-state index contributed by atoms with van der Waals surface area (Å²) in [6.45, 7) is 1.54. The first-order valence-corrected chi connectivity index (χ1v) is 6.66. The number of hydrogen-bond acceptors (Lipinski definition) is 5. The summed E-state index contributed by atoms with van der Waals surface area (Å²) in [7, 11) is 0. The van der Waals surface area contributed by atoms with Crippen molar-refractivity contribution in [2.75, 3.05) is 18.0 Å². The average molecular weight is 272 g/mol. The van der Waals surface area contributed by atoms with Crippen LogP contribution in [-0.4, -0.2) is 40.2 Å².